The fraction of sp³-hybridized carbons (Fsp3) is 0.526. The van der Waals surface area contributed by atoms with Crippen molar-refractivity contribution in [3.05, 3.63) is 35.9 Å². The van der Waals surface area contributed by atoms with E-state index in [0.717, 1.165) is 0 Å². The smallest absolute Gasteiger partial charge is 0.408 e. The highest BCUT2D eigenvalue weighted by molar-refractivity contribution is 6.35. The van der Waals surface area contributed by atoms with Crippen LogP contribution >= 0.6 is 11.6 Å². The highest BCUT2D eigenvalue weighted by Crippen LogP contribution is 2.33. The summed E-state index contributed by atoms with van der Waals surface area (Å²) in [5, 5.41) is 0.484. The maximum absolute atomic E-state index is 13.1. The number of nitrogens with one attached hydrogen (secondary N) is 1. The van der Waals surface area contributed by atoms with Crippen molar-refractivity contribution in [2.45, 2.75) is 56.7 Å². The first kappa shape index (κ1) is 22.9. The summed E-state index contributed by atoms with van der Waals surface area (Å²) >= 11 is 6.42. The topological polar surface area (TPSA) is 108 Å². The molecule has 3 N–H and O–H groups in total. The summed E-state index contributed by atoms with van der Waals surface area (Å²) in [6, 6.07) is 7.20. The van der Waals surface area contributed by atoms with Crippen molar-refractivity contribution in [2.75, 3.05) is 6.54 Å². The number of hydrogen-bond donors (Lipinski definition) is 2. The Labute approximate surface area is 164 Å². The first-order valence-electron chi connectivity index (χ1n) is 8.74. The third-order valence-corrected chi connectivity index (χ3v) is 4.12. The predicted octanol–water partition coefficient (Wildman–Crippen LogP) is 2.84. The van der Waals surface area contributed by atoms with Crippen LogP contribution in [-0.2, 0) is 24.1 Å². The molecule has 0 aromatic heterocycles. The van der Waals surface area contributed by atoms with E-state index in [1.165, 1.54) is 0 Å². The number of ketones is 1. The maximum atomic E-state index is 13.1. The number of alkyl halides is 1. The molecule has 0 bridgehead atoms. The molecule has 0 saturated heterocycles. The summed E-state index contributed by atoms with van der Waals surface area (Å²) in [6.45, 7) is 5.70. The molecular weight excluding hydrogens is 372 g/mol. The molecule has 1 aromatic carbocycles. The minimum absolute atomic E-state index is 0.113. The summed E-state index contributed by atoms with van der Waals surface area (Å²) in [7, 11) is 0. The number of alkyl carbamates (subject to hydrolysis) is 1. The van der Waals surface area contributed by atoms with E-state index in [4.69, 9.17) is 26.8 Å². The van der Waals surface area contributed by atoms with Crippen LogP contribution in [0.4, 0.5) is 4.79 Å². The molecule has 1 unspecified atom stereocenters. The van der Waals surface area contributed by atoms with Gasteiger partial charge in [0.2, 0.25) is 5.78 Å². The first-order valence-corrected chi connectivity index (χ1v) is 9.11. The number of nitrogens with two attached hydrogens (primary N) is 1. The minimum Gasteiger partial charge on any atom is -0.444 e. The Balaban J connectivity index is 3.10. The third kappa shape index (κ3) is 7.19. The van der Waals surface area contributed by atoms with Gasteiger partial charge in [-0.05, 0) is 46.6 Å². The number of unbranched alkanes of at least 4 members (excludes halogenated alkanes) is 1. The average Bonchev–Trinajstić information content (AvgIpc) is 2.59. The normalized spacial score (nSPS) is 14.6. The van der Waals surface area contributed by atoms with Gasteiger partial charge < -0.3 is 20.5 Å². The molecule has 150 valence electrons. The average molecular weight is 399 g/mol. The van der Waals surface area contributed by atoms with Gasteiger partial charge in [-0.25, -0.2) is 4.79 Å². The lowest BCUT2D eigenvalue weighted by Crippen LogP contribution is -2.50. The number of ether oxygens (including phenoxy) is 2. The standard InChI is InChI=1S/C19H27ClN2O5/c1-18(2,3)27-17(25)22-15(11-7-8-12-21)16(24)19(20,26-13-23)14-9-5-4-6-10-14/h4-6,9-10,13,15H,7-8,11-12,21H2,1-3H3,(H,22,25)/t15-,19?/m0/s1. The fourth-order valence-electron chi connectivity index (χ4n) is 2.42. The summed E-state index contributed by atoms with van der Waals surface area (Å²) < 4.78 is 10.2. The molecule has 27 heavy (non-hydrogen) atoms. The van der Waals surface area contributed by atoms with Crippen LogP contribution in [0.25, 0.3) is 0 Å². The van der Waals surface area contributed by atoms with E-state index in [9.17, 15) is 14.4 Å². The molecule has 0 aliphatic heterocycles. The Morgan fingerprint density at radius 1 is 1.22 bits per heavy atom. The molecule has 2 atom stereocenters. The lowest BCUT2D eigenvalue weighted by molar-refractivity contribution is -0.150. The molecular formula is C19H27ClN2O5. The number of rotatable bonds is 10. The van der Waals surface area contributed by atoms with Gasteiger partial charge in [0, 0.05) is 5.56 Å². The summed E-state index contributed by atoms with van der Waals surface area (Å²) in [4.78, 5) is 36.3. The van der Waals surface area contributed by atoms with Crippen LogP contribution in [0.1, 0.15) is 45.6 Å². The SMILES string of the molecule is CC(C)(C)OC(=O)N[C@@H](CCCCN)C(=O)C(Cl)(OC=O)c1ccccc1. The Kier molecular flexibility index (Phi) is 8.72. The van der Waals surface area contributed by atoms with E-state index in [1.54, 1.807) is 51.1 Å². The summed E-state index contributed by atoms with van der Waals surface area (Å²) in [6.07, 6.45) is 0.756. The zero-order valence-corrected chi connectivity index (χ0v) is 16.6. The molecule has 1 amide bonds. The van der Waals surface area contributed by atoms with Crippen LogP contribution in [0.5, 0.6) is 0 Å². The number of carbonyl (C=O) groups is 3. The number of hydrogen-bond acceptors (Lipinski definition) is 6. The Morgan fingerprint density at radius 3 is 2.37 bits per heavy atom. The van der Waals surface area contributed by atoms with Gasteiger partial charge in [-0.2, -0.15) is 0 Å². The molecule has 0 heterocycles. The van der Waals surface area contributed by atoms with Gasteiger partial charge in [0.25, 0.3) is 11.5 Å². The number of benzene rings is 1. The van der Waals surface area contributed by atoms with E-state index in [0.29, 0.717) is 24.9 Å². The number of halogens is 1. The van der Waals surface area contributed by atoms with Crippen molar-refractivity contribution in [1.82, 2.24) is 5.32 Å². The number of amides is 1. The van der Waals surface area contributed by atoms with Crippen LogP contribution in [0, 0.1) is 0 Å². The summed E-state index contributed by atoms with van der Waals surface area (Å²) in [5.41, 5.74) is 5.07. The van der Waals surface area contributed by atoms with E-state index in [2.05, 4.69) is 5.32 Å². The van der Waals surface area contributed by atoms with Gasteiger partial charge in [0.15, 0.2) is 0 Å². The molecule has 0 saturated carbocycles. The second kappa shape index (κ2) is 10.3. The molecule has 1 aromatic rings. The van der Waals surface area contributed by atoms with Crippen molar-refractivity contribution >= 4 is 29.9 Å². The van der Waals surface area contributed by atoms with Gasteiger partial charge in [-0.3, -0.25) is 9.59 Å². The van der Waals surface area contributed by atoms with Crippen molar-refractivity contribution in [3.63, 3.8) is 0 Å². The molecule has 0 radical (unpaired) electrons. The van der Waals surface area contributed by atoms with Crippen LogP contribution in [0.2, 0.25) is 0 Å². The van der Waals surface area contributed by atoms with Gasteiger partial charge in [-0.1, -0.05) is 41.9 Å². The molecule has 1 rings (SSSR count). The molecule has 7 nitrogen and oxygen atoms in total. The molecule has 0 fully saturated rings. The number of Topliss-reactive ketones (excluding diaryl/α,β-unsaturated/α-hetero) is 1. The molecule has 0 spiro atoms. The van der Waals surface area contributed by atoms with E-state index in [1.807, 2.05) is 0 Å². The zero-order chi connectivity index (χ0) is 20.5. The van der Waals surface area contributed by atoms with Crippen LogP contribution < -0.4 is 11.1 Å². The van der Waals surface area contributed by atoms with Gasteiger partial charge >= 0.3 is 6.09 Å². The van der Waals surface area contributed by atoms with Crippen LogP contribution in [0.15, 0.2) is 30.3 Å². The highest BCUT2D eigenvalue weighted by atomic mass is 35.5. The lowest BCUT2D eigenvalue weighted by Gasteiger charge is -2.29. The molecule has 0 aliphatic rings. The summed E-state index contributed by atoms with van der Waals surface area (Å²) in [5.74, 6) is -0.662. The lowest BCUT2D eigenvalue weighted by atomic mass is 9.96. The monoisotopic (exact) mass is 398 g/mol. The predicted molar refractivity (Wildman–Crippen MR) is 102 cm³/mol. The van der Waals surface area contributed by atoms with Crippen molar-refractivity contribution in [1.29, 1.82) is 0 Å². The van der Waals surface area contributed by atoms with Crippen molar-refractivity contribution < 1.29 is 23.9 Å². The molecule has 0 aliphatic carbocycles. The molecule has 8 heteroatoms. The van der Waals surface area contributed by atoms with Crippen LogP contribution in [0.3, 0.4) is 0 Å². The Bertz CT molecular complexity index is 633. The maximum Gasteiger partial charge on any atom is 0.408 e. The van der Waals surface area contributed by atoms with E-state index < -0.39 is 28.6 Å². The number of carbonyl (C=O) groups excluding carboxylic acids is 3. The second-order valence-electron chi connectivity index (χ2n) is 7.02. The zero-order valence-electron chi connectivity index (χ0n) is 15.9. The minimum atomic E-state index is -2.05. The van der Waals surface area contributed by atoms with E-state index >= 15 is 0 Å². The Hall–Kier alpha value is -2.12. The third-order valence-electron chi connectivity index (χ3n) is 3.63. The second-order valence-corrected chi connectivity index (χ2v) is 7.56. The highest BCUT2D eigenvalue weighted by Gasteiger charge is 2.45. The van der Waals surface area contributed by atoms with Gasteiger partial charge in [-0.15, -0.1) is 0 Å². The van der Waals surface area contributed by atoms with Gasteiger partial charge in [0.05, 0.1) is 6.04 Å². The van der Waals surface area contributed by atoms with Crippen molar-refractivity contribution in [3.8, 4) is 0 Å². The largest absolute Gasteiger partial charge is 0.444 e. The Morgan fingerprint density at radius 2 is 1.85 bits per heavy atom. The fourth-order valence-corrected chi connectivity index (χ4v) is 2.72. The van der Waals surface area contributed by atoms with Gasteiger partial charge in [0.1, 0.15) is 5.60 Å². The quantitative estimate of drug-likeness (QED) is 0.356. The van der Waals surface area contributed by atoms with E-state index in [-0.39, 0.29) is 12.9 Å². The first-order chi connectivity index (χ1) is 12.6. The van der Waals surface area contributed by atoms with Crippen LogP contribution in [-0.4, -0.2) is 36.5 Å². The van der Waals surface area contributed by atoms with Crippen molar-refractivity contribution in [2.24, 2.45) is 5.73 Å².